The summed E-state index contributed by atoms with van der Waals surface area (Å²) in [5, 5.41) is 12.5. The number of H-pyrrole nitrogens is 1. The molecule has 0 fully saturated rings. The Bertz CT molecular complexity index is 507. The molecule has 1 aromatic heterocycles. The number of rotatable bonds is 5. The van der Waals surface area contributed by atoms with E-state index in [0.717, 1.165) is 17.7 Å². The molecule has 0 aliphatic heterocycles. The fourth-order valence-corrected chi connectivity index (χ4v) is 1.61. The van der Waals surface area contributed by atoms with Gasteiger partial charge in [0.2, 0.25) is 5.91 Å². The predicted octanol–water partition coefficient (Wildman–Crippen LogP) is 2.02. The van der Waals surface area contributed by atoms with Crippen LogP contribution in [0, 0.1) is 0 Å². The zero-order valence-electron chi connectivity index (χ0n) is 10.2. The standard InChI is InChI=1S/C13H16N4O/c1-2-10-8-15-17-13(10)16-12(18)9-14-11-6-4-3-5-7-11/h3-8,14H,2,9H2,1H3,(H2,15,16,17,18). The van der Waals surface area contributed by atoms with E-state index in [-0.39, 0.29) is 12.5 Å². The number of hydrogen-bond acceptors (Lipinski definition) is 3. The molecule has 1 heterocycles. The third kappa shape index (κ3) is 3.10. The van der Waals surface area contributed by atoms with Crippen LogP contribution >= 0.6 is 0 Å². The number of carbonyl (C=O) groups excluding carboxylic acids is 1. The van der Waals surface area contributed by atoms with Gasteiger partial charge >= 0.3 is 0 Å². The lowest BCUT2D eigenvalue weighted by Crippen LogP contribution is -2.22. The van der Waals surface area contributed by atoms with Crippen molar-refractivity contribution >= 4 is 17.4 Å². The Balaban J connectivity index is 1.86. The minimum atomic E-state index is -0.0993. The Morgan fingerprint density at radius 1 is 1.33 bits per heavy atom. The monoisotopic (exact) mass is 244 g/mol. The lowest BCUT2D eigenvalue weighted by atomic mass is 10.2. The molecule has 0 unspecified atom stereocenters. The van der Waals surface area contributed by atoms with Gasteiger partial charge in [-0.2, -0.15) is 5.10 Å². The number of hydrogen-bond donors (Lipinski definition) is 3. The molecule has 1 amide bonds. The van der Waals surface area contributed by atoms with E-state index in [4.69, 9.17) is 0 Å². The Hall–Kier alpha value is -2.30. The molecule has 0 radical (unpaired) electrons. The van der Waals surface area contributed by atoms with Crippen molar-refractivity contribution in [3.63, 3.8) is 0 Å². The molecule has 3 N–H and O–H groups in total. The number of carbonyl (C=O) groups is 1. The summed E-state index contributed by atoms with van der Waals surface area (Å²) in [4.78, 5) is 11.7. The topological polar surface area (TPSA) is 69.8 Å². The smallest absolute Gasteiger partial charge is 0.244 e. The highest BCUT2D eigenvalue weighted by Crippen LogP contribution is 2.11. The Morgan fingerprint density at radius 2 is 2.11 bits per heavy atom. The molecular formula is C13H16N4O. The second-order valence-electron chi connectivity index (χ2n) is 3.89. The number of aromatic nitrogens is 2. The van der Waals surface area contributed by atoms with Crippen molar-refractivity contribution in [2.45, 2.75) is 13.3 Å². The third-order valence-electron chi connectivity index (χ3n) is 2.59. The maximum atomic E-state index is 11.7. The van der Waals surface area contributed by atoms with Gasteiger partial charge in [-0.15, -0.1) is 0 Å². The summed E-state index contributed by atoms with van der Waals surface area (Å²) >= 11 is 0. The molecule has 5 heteroatoms. The van der Waals surface area contributed by atoms with Crippen LogP contribution in [0.2, 0.25) is 0 Å². The van der Waals surface area contributed by atoms with Crippen LogP contribution in [0.15, 0.2) is 36.5 Å². The molecule has 0 aliphatic carbocycles. The Kier molecular flexibility index (Phi) is 3.96. The zero-order chi connectivity index (χ0) is 12.8. The molecule has 0 atom stereocenters. The van der Waals surface area contributed by atoms with Crippen LogP contribution in [0.4, 0.5) is 11.5 Å². The van der Waals surface area contributed by atoms with E-state index in [9.17, 15) is 4.79 Å². The largest absolute Gasteiger partial charge is 0.376 e. The maximum absolute atomic E-state index is 11.7. The summed E-state index contributed by atoms with van der Waals surface area (Å²) in [5.41, 5.74) is 1.93. The average Bonchev–Trinajstić information content (AvgIpc) is 2.85. The number of benzene rings is 1. The molecule has 2 aromatic rings. The van der Waals surface area contributed by atoms with Gasteiger partial charge in [-0.3, -0.25) is 9.89 Å². The number of aryl methyl sites for hydroxylation is 1. The molecule has 18 heavy (non-hydrogen) atoms. The molecular weight excluding hydrogens is 228 g/mol. The Morgan fingerprint density at radius 3 is 2.83 bits per heavy atom. The number of para-hydroxylation sites is 1. The van der Waals surface area contributed by atoms with Gasteiger partial charge in [-0.1, -0.05) is 25.1 Å². The predicted molar refractivity (Wildman–Crippen MR) is 71.5 cm³/mol. The van der Waals surface area contributed by atoms with E-state index in [2.05, 4.69) is 20.8 Å². The van der Waals surface area contributed by atoms with Gasteiger partial charge in [0.15, 0.2) is 0 Å². The molecule has 0 saturated heterocycles. The van der Waals surface area contributed by atoms with E-state index in [1.807, 2.05) is 37.3 Å². The van der Waals surface area contributed by atoms with Crippen molar-refractivity contribution in [2.24, 2.45) is 0 Å². The minimum absolute atomic E-state index is 0.0993. The van der Waals surface area contributed by atoms with Gasteiger partial charge in [-0.25, -0.2) is 0 Å². The van der Waals surface area contributed by atoms with Crippen molar-refractivity contribution in [3.05, 3.63) is 42.1 Å². The zero-order valence-corrected chi connectivity index (χ0v) is 10.2. The third-order valence-corrected chi connectivity index (χ3v) is 2.59. The summed E-state index contributed by atoms with van der Waals surface area (Å²) in [6.07, 6.45) is 2.55. The van der Waals surface area contributed by atoms with Crippen LogP contribution in [0.5, 0.6) is 0 Å². The van der Waals surface area contributed by atoms with Crippen molar-refractivity contribution < 1.29 is 4.79 Å². The fourth-order valence-electron chi connectivity index (χ4n) is 1.61. The number of aromatic amines is 1. The highest BCUT2D eigenvalue weighted by Gasteiger charge is 2.07. The van der Waals surface area contributed by atoms with E-state index in [0.29, 0.717) is 5.82 Å². The SMILES string of the molecule is CCc1cn[nH]c1NC(=O)CNc1ccccc1. The molecule has 2 rings (SSSR count). The first-order chi connectivity index (χ1) is 8.79. The average molecular weight is 244 g/mol. The van der Waals surface area contributed by atoms with Gasteiger partial charge in [0, 0.05) is 11.3 Å². The normalized spacial score (nSPS) is 10.1. The molecule has 0 saturated carbocycles. The summed E-state index contributed by atoms with van der Waals surface area (Å²) in [6, 6.07) is 9.61. The molecule has 0 spiro atoms. The molecule has 0 bridgehead atoms. The number of nitrogens with one attached hydrogen (secondary N) is 3. The van der Waals surface area contributed by atoms with Gasteiger partial charge in [0.05, 0.1) is 12.7 Å². The first-order valence-electron chi connectivity index (χ1n) is 5.90. The highest BCUT2D eigenvalue weighted by molar-refractivity contribution is 5.93. The van der Waals surface area contributed by atoms with Gasteiger partial charge in [-0.05, 0) is 18.6 Å². The van der Waals surface area contributed by atoms with E-state index >= 15 is 0 Å². The summed E-state index contributed by atoms with van der Waals surface area (Å²) in [6.45, 7) is 2.24. The lowest BCUT2D eigenvalue weighted by Gasteiger charge is -2.07. The van der Waals surface area contributed by atoms with Crippen molar-refractivity contribution in [1.29, 1.82) is 0 Å². The van der Waals surface area contributed by atoms with Crippen molar-refractivity contribution in [3.8, 4) is 0 Å². The first kappa shape index (κ1) is 12.2. The van der Waals surface area contributed by atoms with Crippen molar-refractivity contribution in [1.82, 2.24) is 10.2 Å². The van der Waals surface area contributed by atoms with E-state index < -0.39 is 0 Å². The fraction of sp³-hybridized carbons (Fsp3) is 0.231. The van der Waals surface area contributed by atoms with Crippen LogP contribution in [-0.4, -0.2) is 22.6 Å². The van der Waals surface area contributed by atoms with Crippen LogP contribution in [-0.2, 0) is 11.2 Å². The number of nitrogens with zero attached hydrogens (tertiary/aromatic N) is 1. The van der Waals surface area contributed by atoms with Crippen molar-refractivity contribution in [2.75, 3.05) is 17.2 Å². The minimum Gasteiger partial charge on any atom is -0.376 e. The maximum Gasteiger partial charge on any atom is 0.244 e. The first-order valence-corrected chi connectivity index (χ1v) is 5.90. The second kappa shape index (κ2) is 5.86. The quantitative estimate of drug-likeness (QED) is 0.753. The van der Waals surface area contributed by atoms with Gasteiger partial charge in [0.25, 0.3) is 0 Å². The summed E-state index contributed by atoms with van der Waals surface area (Å²) in [7, 11) is 0. The van der Waals surface area contributed by atoms with Gasteiger partial charge in [0.1, 0.15) is 5.82 Å². The van der Waals surface area contributed by atoms with Crippen LogP contribution in [0.25, 0.3) is 0 Å². The second-order valence-corrected chi connectivity index (χ2v) is 3.89. The lowest BCUT2D eigenvalue weighted by molar-refractivity contribution is -0.114. The highest BCUT2D eigenvalue weighted by atomic mass is 16.2. The van der Waals surface area contributed by atoms with Crippen LogP contribution in [0.3, 0.4) is 0 Å². The molecule has 1 aromatic carbocycles. The number of anilines is 2. The summed E-state index contributed by atoms with van der Waals surface area (Å²) < 4.78 is 0. The van der Waals surface area contributed by atoms with E-state index in [1.54, 1.807) is 6.20 Å². The molecule has 0 aliphatic rings. The van der Waals surface area contributed by atoms with Crippen LogP contribution in [0.1, 0.15) is 12.5 Å². The molecule has 5 nitrogen and oxygen atoms in total. The number of amides is 1. The Labute approximate surface area is 106 Å². The summed E-state index contributed by atoms with van der Waals surface area (Å²) in [5.74, 6) is 0.579. The van der Waals surface area contributed by atoms with Gasteiger partial charge < -0.3 is 10.6 Å². The van der Waals surface area contributed by atoms with Crippen LogP contribution < -0.4 is 10.6 Å². The van der Waals surface area contributed by atoms with E-state index in [1.165, 1.54) is 0 Å². The molecule has 94 valence electrons.